The summed E-state index contributed by atoms with van der Waals surface area (Å²) in [4.78, 5) is 7.22. The predicted octanol–water partition coefficient (Wildman–Crippen LogP) is 2.12. The van der Waals surface area contributed by atoms with E-state index < -0.39 is 0 Å². The van der Waals surface area contributed by atoms with Crippen LogP contribution in [0.2, 0.25) is 0 Å². The Morgan fingerprint density at radius 3 is 2.74 bits per heavy atom. The van der Waals surface area contributed by atoms with Gasteiger partial charge in [0.05, 0.1) is 12.7 Å². The van der Waals surface area contributed by atoms with Crippen molar-refractivity contribution in [3.8, 4) is 0 Å². The molecular formula is C16H31IN6. The van der Waals surface area contributed by atoms with Crippen molar-refractivity contribution >= 4 is 29.9 Å². The van der Waals surface area contributed by atoms with Crippen molar-refractivity contribution in [3.63, 3.8) is 0 Å². The molecule has 23 heavy (non-hydrogen) atoms. The van der Waals surface area contributed by atoms with Gasteiger partial charge >= 0.3 is 0 Å². The van der Waals surface area contributed by atoms with E-state index in [0.29, 0.717) is 24.5 Å². The Hall–Kier alpha value is -0.830. The van der Waals surface area contributed by atoms with Gasteiger partial charge < -0.3 is 10.6 Å². The number of hydrogen-bond acceptors (Lipinski definition) is 3. The fourth-order valence-electron chi connectivity index (χ4n) is 2.81. The van der Waals surface area contributed by atoms with Crippen molar-refractivity contribution < 1.29 is 0 Å². The first-order chi connectivity index (χ1) is 10.5. The van der Waals surface area contributed by atoms with Crippen LogP contribution < -0.4 is 10.6 Å². The SMILES string of the molecule is CCNC(=NCc1cn[nH]c1C)NC1CN(C(C)C)CC1C.I. The van der Waals surface area contributed by atoms with Crippen molar-refractivity contribution in [2.24, 2.45) is 10.9 Å². The highest BCUT2D eigenvalue weighted by atomic mass is 127. The largest absolute Gasteiger partial charge is 0.357 e. The van der Waals surface area contributed by atoms with Crippen LogP contribution in [0.1, 0.15) is 39.0 Å². The molecule has 1 aromatic heterocycles. The van der Waals surface area contributed by atoms with Crippen molar-refractivity contribution in [2.75, 3.05) is 19.6 Å². The quantitative estimate of drug-likeness (QED) is 0.377. The van der Waals surface area contributed by atoms with Crippen molar-refractivity contribution in [1.82, 2.24) is 25.7 Å². The number of aryl methyl sites for hydroxylation is 1. The fraction of sp³-hybridized carbons (Fsp3) is 0.750. The number of aromatic amines is 1. The summed E-state index contributed by atoms with van der Waals surface area (Å²) in [5.74, 6) is 1.52. The Kier molecular flexibility index (Phi) is 8.32. The zero-order valence-electron chi connectivity index (χ0n) is 14.9. The third kappa shape index (κ3) is 5.63. The Balaban J connectivity index is 0.00000264. The van der Waals surface area contributed by atoms with Gasteiger partial charge in [0.2, 0.25) is 0 Å². The van der Waals surface area contributed by atoms with Crippen LogP contribution in [0.3, 0.4) is 0 Å². The number of halogens is 1. The van der Waals surface area contributed by atoms with Crippen LogP contribution in [-0.4, -0.2) is 52.8 Å². The van der Waals surface area contributed by atoms with Crippen molar-refractivity contribution in [2.45, 2.75) is 53.2 Å². The molecule has 0 saturated carbocycles. The summed E-state index contributed by atoms with van der Waals surface area (Å²) in [5, 5.41) is 14.0. The monoisotopic (exact) mass is 434 g/mol. The summed E-state index contributed by atoms with van der Waals surface area (Å²) >= 11 is 0. The summed E-state index contributed by atoms with van der Waals surface area (Å²) in [7, 11) is 0. The number of aliphatic imine (C=N–C) groups is 1. The summed E-state index contributed by atoms with van der Waals surface area (Å²) < 4.78 is 0. The molecule has 2 rings (SSSR count). The van der Waals surface area contributed by atoms with Gasteiger partial charge in [-0.05, 0) is 33.6 Å². The van der Waals surface area contributed by atoms with E-state index in [2.05, 4.69) is 53.4 Å². The standard InChI is InChI=1S/C16H30N6.HI/c1-6-17-16(18-7-14-8-19-21-13(14)5)20-15-10-22(11(2)3)9-12(15)4;/h8,11-12,15H,6-7,9-10H2,1-5H3,(H,19,21)(H2,17,18,20);1H. The van der Waals surface area contributed by atoms with Crippen LogP contribution in [-0.2, 0) is 6.54 Å². The molecule has 6 nitrogen and oxygen atoms in total. The van der Waals surface area contributed by atoms with Crippen molar-refractivity contribution in [3.05, 3.63) is 17.5 Å². The molecule has 0 bridgehead atoms. The minimum absolute atomic E-state index is 0. The highest BCUT2D eigenvalue weighted by molar-refractivity contribution is 14.0. The molecule has 1 fully saturated rings. The number of guanidine groups is 1. The number of aromatic nitrogens is 2. The maximum Gasteiger partial charge on any atom is 0.191 e. The van der Waals surface area contributed by atoms with E-state index in [9.17, 15) is 0 Å². The Morgan fingerprint density at radius 2 is 2.22 bits per heavy atom. The summed E-state index contributed by atoms with van der Waals surface area (Å²) in [6, 6.07) is 1.05. The lowest BCUT2D eigenvalue weighted by molar-refractivity contribution is 0.265. The minimum atomic E-state index is 0. The molecule has 0 aromatic carbocycles. The van der Waals surface area contributed by atoms with Gasteiger partial charge in [-0.3, -0.25) is 10.00 Å². The molecule has 0 amide bonds. The topological polar surface area (TPSA) is 68.3 Å². The number of likely N-dealkylation sites (tertiary alicyclic amines) is 1. The maximum atomic E-state index is 4.70. The third-order valence-corrected chi connectivity index (χ3v) is 4.38. The maximum absolute atomic E-state index is 4.70. The van der Waals surface area contributed by atoms with Gasteiger partial charge in [0.15, 0.2) is 5.96 Å². The van der Waals surface area contributed by atoms with Crippen LogP contribution in [0.5, 0.6) is 0 Å². The predicted molar refractivity (Wildman–Crippen MR) is 106 cm³/mol. The lowest BCUT2D eigenvalue weighted by Crippen LogP contribution is -2.46. The second-order valence-electron chi connectivity index (χ2n) is 6.49. The third-order valence-electron chi connectivity index (χ3n) is 4.38. The molecule has 3 N–H and O–H groups in total. The van der Waals surface area contributed by atoms with Crippen molar-refractivity contribution in [1.29, 1.82) is 0 Å². The van der Waals surface area contributed by atoms with Crippen LogP contribution >= 0.6 is 24.0 Å². The van der Waals surface area contributed by atoms with E-state index in [1.54, 1.807) is 0 Å². The molecule has 1 saturated heterocycles. The van der Waals surface area contributed by atoms with E-state index >= 15 is 0 Å². The molecular weight excluding hydrogens is 403 g/mol. The first kappa shape index (κ1) is 20.2. The van der Waals surface area contributed by atoms with Gasteiger partial charge in [-0.2, -0.15) is 5.10 Å². The van der Waals surface area contributed by atoms with Crippen LogP contribution in [0.25, 0.3) is 0 Å². The molecule has 0 spiro atoms. The average Bonchev–Trinajstić information content (AvgIpc) is 3.03. The normalized spacial score (nSPS) is 22.3. The second-order valence-corrected chi connectivity index (χ2v) is 6.49. The van der Waals surface area contributed by atoms with E-state index in [1.807, 2.05) is 13.1 Å². The lowest BCUT2D eigenvalue weighted by atomic mass is 10.1. The van der Waals surface area contributed by atoms with Gasteiger partial charge in [-0.25, -0.2) is 4.99 Å². The first-order valence-electron chi connectivity index (χ1n) is 8.29. The average molecular weight is 434 g/mol. The van der Waals surface area contributed by atoms with E-state index in [-0.39, 0.29) is 24.0 Å². The fourth-order valence-corrected chi connectivity index (χ4v) is 2.81. The molecule has 7 heteroatoms. The number of H-pyrrole nitrogens is 1. The van der Waals surface area contributed by atoms with Crippen LogP contribution in [0, 0.1) is 12.8 Å². The first-order valence-corrected chi connectivity index (χ1v) is 8.29. The zero-order valence-corrected chi connectivity index (χ0v) is 17.2. The molecule has 2 atom stereocenters. The van der Waals surface area contributed by atoms with Crippen LogP contribution in [0.15, 0.2) is 11.2 Å². The highest BCUT2D eigenvalue weighted by Gasteiger charge is 2.31. The molecule has 2 unspecified atom stereocenters. The number of hydrogen-bond donors (Lipinski definition) is 3. The molecule has 0 radical (unpaired) electrons. The molecule has 1 aromatic rings. The second kappa shape index (κ2) is 9.46. The number of rotatable bonds is 5. The summed E-state index contributed by atoms with van der Waals surface area (Å²) in [5.41, 5.74) is 2.22. The zero-order chi connectivity index (χ0) is 16.1. The smallest absolute Gasteiger partial charge is 0.191 e. The summed E-state index contributed by atoms with van der Waals surface area (Å²) in [6.07, 6.45) is 1.85. The van der Waals surface area contributed by atoms with Gasteiger partial charge in [-0.1, -0.05) is 6.92 Å². The Bertz CT molecular complexity index is 499. The van der Waals surface area contributed by atoms with Crippen LogP contribution in [0.4, 0.5) is 0 Å². The van der Waals surface area contributed by atoms with Gasteiger partial charge in [0, 0.05) is 43.0 Å². The van der Waals surface area contributed by atoms with Gasteiger partial charge in [0.1, 0.15) is 0 Å². The molecule has 132 valence electrons. The van der Waals surface area contributed by atoms with Gasteiger partial charge in [0.25, 0.3) is 0 Å². The van der Waals surface area contributed by atoms with E-state index in [4.69, 9.17) is 4.99 Å². The number of nitrogens with one attached hydrogen (secondary N) is 3. The van der Waals surface area contributed by atoms with E-state index in [0.717, 1.165) is 36.9 Å². The lowest BCUT2D eigenvalue weighted by Gasteiger charge is -2.21. The summed E-state index contributed by atoms with van der Waals surface area (Å²) in [6.45, 7) is 14.7. The molecule has 1 aliphatic heterocycles. The molecule has 0 aliphatic carbocycles. The Morgan fingerprint density at radius 1 is 1.48 bits per heavy atom. The van der Waals surface area contributed by atoms with Gasteiger partial charge in [-0.15, -0.1) is 24.0 Å². The molecule has 2 heterocycles. The highest BCUT2D eigenvalue weighted by Crippen LogP contribution is 2.18. The Labute approximate surface area is 156 Å². The number of nitrogens with zero attached hydrogens (tertiary/aromatic N) is 3. The van der Waals surface area contributed by atoms with E-state index in [1.165, 1.54) is 0 Å². The molecule has 1 aliphatic rings. The minimum Gasteiger partial charge on any atom is -0.357 e.